The fourth-order valence-electron chi connectivity index (χ4n) is 7.40. The van der Waals surface area contributed by atoms with Crippen LogP contribution in [-0.2, 0) is 0 Å². The van der Waals surface area contributed by atoms with E-state index in [9.17, 15) is 0 Å². The molecule has 1 nitrogen and oxygen atoms in total. The van der Waals surface area contributed by atoms with E-state index in [4.69, 9.17) is 0 Å². The quantitative estimate of drug-likeness (QED) is 0.101. The van der Waals surface area contributed by atoms with Gasteiger partial charge >= 0.3 is 0 Å². The van der Waals surface area contributed by atoms with Crippen molar-refractivity contribution in [3.63, 3.8) is 0 Å². The van der Waals surface area contributed by atoms with Crippen LogP contribution in [0.5, 0.6) is 0 Å². The minimum Gasteiger partial charge on any atom is -0.310 e. The Bertz CT molecular complexity index is 2530. The molecule has 0 bridgehead atoms. The molecule has 1 heteroatoms. The highest BCUT2D eigenvalue weighted by Crippen LogP contribution is 2.42. The maximum Gasteiger partial charge on any atom is 0.0540 e. The SMILES string of the molecule is Cc1ccc(N(c2ccc(C=CC=C(c3ccccc3)c3ccccc3)cc2)c2ccc(C=C(c3ccccc3)c3ccccc3)c3ccccc23)c(C)c1. The van der Waals surface area contributed by atoms with Gasteiger partial charge in [-0.15, -0.1) is 0 Å². The molecule has 8 rings (SSSR count). The van der Waals surface area contributed by atoms with E-state index in [1.165, 1.54) is 60.9 Å². The van der Waals surface area contributed by atoms with Crippen molar-refractivity contribution in [3.8, 4) is 0 Å². The number of benzene rings is 8. The zero-order valence-electron chi connectivity index (χ0n) is 31.3. The lowest BCUT2D eigenvalue weighted by molar-refractivity contribution is 1.25. The lowest BCUT2D eigenvalue weighted by Gasteiger charge is -2.29. The summed E-state index contributed by atoms with van der Waals surface area (Å²) in [5, 5.41) is 2.40. The van der Waals surface area contributed by atoms with Gasteiger partial charge in [-0.05, 0) is 99.7 Å². The fraction of sp³-hybridized carbons (Fsp3) is 0.0370. The second-order valence-electron chi connectivity index (χ2n) is 13.9. The Morgan fingerprint density at radius 3 is 1.47 bits per heavy atom. The van der Waals surface area contributed by atoms with Crippen LogP contribution in [0.3, 0.4) is 0 Å². The van der Waals surface area contributed by atoms with Crippen molar-refractivity contribution >= 4 is 51.1 Å². The largest absolute Gasteiger partial charge is 0.310 e. The van der Waals surface area contributed by atoms with E-state index in [1.807, 2.05) is 0 Å². The van der Waals surface area contributed by atoms with Crippen molar-refractivity contribution in [3.05, 3.63) is 257 Å². The molecule has 8 aromatic rings. The summed E-state index contributed by atoms with van der Waals surface area (Å²) in [7, 11) is 0. The highest BCUT2D eigenvalue weighted by molar-refractivity contribution is 6.06. The number of aryl methyl sites for hydroxylation is 2. The average molecular weight is 706 g/mol. The van der Waals surface area contributed by atoms with Crippen molar-refractivity contribution in [1.29, 1.82) is 0 Å². The summed E-state index contributed by atoms with van der Waals surface area (Å²) in [6.45, 7) is 4.37. The topological polar surface area (TPSA) is 3.24 Å². The molecule has 0 aromatic heterocycles. The van der Waals surface area contributed by atoms with Crippen LogP contribution < -0.4 is 4.90 Å². The van der Waals surface area contributed by atoms with Crippen molar-refractivity contribution in [2.24, 2.45) is 0 Å². The van der Waals surface area contributed by atoms with Gasteiger partial charge in [0.05, 0.1) is 5.69 Å². The number of fused-ring (bicyclic) bond motifs is 1. The number of hydrogen-bond donors (Lipinski definition) is 0. The normalized spacial score (nSPS) is 11.0. The maximum atomic E-state index is 2.41. The maximum absolute atomic E-state index is 2.41. The van der Waals surface area contributed by atoms with Gasteiger partial charge in [0.25, 0.3) is 0 Å². The molecule has 0 fully saturated rings. The molecule has 0 atom stereocenters. The lowest BCUT2D eigenvalue weighted by atomic mass is 9.93. The summed E-state index contributed by atoms with van der Waals surface area (Å²) in [4.78, 5) is 2.41. The Labute approximate surface area is 325 Å². The summed E-state index contributed by atoms with van der Waals surface area (Å²) in [6, 6.07) is 71.5. The molecule has 0 radical (unpaired) electrons. The number of anilines is 3. The molecule has 0 saturated carbocycles. The van der Waals surface area contributed by atoms with Crippen LogP contribution in [0.25, 0.3) is 34.1 Å². The average Bonchev–Trinajstić information content (AvgIpc) is 3.24. The predicted molar refractivity (Wildman–Crippen MR) is 237 cm³/mol. The second-order valence-corrected chi connectivity index (χ2v) is 13.9. The lowest BCUT2D eigenvalue weighted by Crippen LogP contribution is -2.12. The van der Waals surface area contributed by atoms with E-state index in [2.05, 4.69) is 243 Å². The Morgan fingerprint density at radius 1 is 0.436 bits per heavy atom. The van der Waals surface area contributed by atoms with Crippen LogP contribution >= 0.6 is 0 Å². The molecule has 0 aliphatic rings. The summed E-state index contributed by atoms with van der Waals surface area (Å²) < 4.78 is 0. The van der Waals surface area contributed by atoms with Gasteiger partial charge in [-0.2, -0.15) is 0 Å². The van der Waals surface area contributed by atoms with Crippen LogP contribution in [0.15, 0.2) is 212 Å². The van der Waals surface area contributed by atoms with Crippen LogP contribution in [0.1, 0.15) is 44.5 Å². The van der Waals surface area contributed by atoms with E-state index in [-0.39, 0.29) is 0 Å². The molecule has 0 heterocycles. The standard InChI is InChI=1S/C54H43N/c1-40-30-36-53(41(2)38-40)55(48-34-31-42(32-35-48)18-17-29-49(43-19-7-3-8-20-43)44-21-9-4-10-22-44)54-37-33-47(50-27-15-16-28-51(50)54)39-52(45-23-11-5-12-24-45)46-25-13-6-14-26-46/h3-39H,1-2H3. The minimum atomic E-state index is 1.11. The highest BCUT2D eigenvalue weighted by atomic mass is 15.1. The third-order valence-corrected chi connectivity index (χ3v) is 10.1. The van der Waals surface area contributed by atoms with Gasteiger partial charge < -0.3 is 4.90 Å². The first kappa shape index (κ1) is 35.1. The summed E-state index contributed by atoms with van der Waals surface area (Å²) in [5.74, 6) is 0. The Kier molecular flexibility index (Phi) is 10.4. The van der Waals surface area contributed by atoms with Crippen molar-refractivity contribution in [2.45, 2.75) is 13.8 Å². The minimum absolute atomic E-state index is 1.11. The molecule has 55 heavy (non-hydrogen) atoms. The van der Waals surface area contributed by atoms with Crippen molar-refractivity contribution in [2.75, 3.05) is 4.90 Å². The molecule has 0 amide bonds. The van der Waals surface area contributed by atoms with E-state index < -0.39 is 0 Å². The Balaban J connectivity index is 1.20. The smallest absolute Gasteiger partial charge is 0.0540 e. The van der Waals surface area contributed by atoms with Gasteiger partial charge in [0.2, 0.25) is 0 Å². The molecule has 8 aromatic carbocycles. The molecule has 0 unspecified atom stereocenters. The molecule has 0 N–H and O–H groups in total. The number of allylic oxidation sites excluding steroid dienone is 2. The molecule has 264 valence electrons. The first-order chi connectivity index (χ1) is 27.1. The summed E-state index contributed by atoms with van der Waals surface area (Å²) in [5.41, 5.74) is 15.4. The van der Waals surface area contributed by atoms with Gasteiger partial charge in [0, 0.05) is 16.8 Å². The summed E-state index contributed by atoms with van der Waals surface area (Å²) >= 11 is 0. The fourth-order valence-corrected chi connectivity index (χ4v) is 7.40. The molecule has 0 spiro atoms. The summed E-state index contributed by atoms with van der Waals surface area (Å²) in [6.07, 6.45) is 8.90. The molecule has 0 aliphatic heterocycles. The van der Waals surface area contributed by atoms with Gasteiger partial charge in [-0.3, -0.25) is 0 Å². The monoisotopic (exact) mass is 705 g/mol. The third-order valence-electron chi connectivity index (χ3n) is 10.1. The van der Waals surface area contributed by atoms with Gasteiger partial charge in [-0.25, -0.2) is 0 Å². The molecule has 0 saturated heterocycles. The number of hydrogen-bond acceptors (Lipinski definition) is 1. The molecular formula is C54H43N. The van der Waals surface area contributed by atoms with Gasteiger partial charge in [0.1, 0.15) is 0 Å². The highest BCUT2D eigenvalue weighted by Gasteiger charge is 2.18. The van der Waals surface area contributed by atoms with Crippen molar-refractivity contribution < 1.29 is 0 Å². The van der Waals surface area contributed by atoms with E-state index >= 15 is 0 Å². The molecule has 0 aliphatic carbocycles. The van der Waals surface area contributed by atoms with Crippen LogP contribution in [0.2, 0.25) is 0 Å². The Hall–Kier alpha value is -6.96. The van der Waals surface area contributed by atoms with Crippen LogP contribution in [0.4, 0.5) is 17.1 Å². The zero-order valence-corrected chi connectivity index (χ0v) is 31.3. The van der Waals surface area contributed by atoms with E-state index in [1.54, 1.807) is 0 Å². The van der Waals surface area contributed by atoms with Gasteiger partial charge in [-0.1, -0.05) is 200 Å². The second kappa shape index (κ2) is 16.4. The van der Waals surface area contributed by atoms with E-state index in [0.29, 0.717) is 0 Å². The Morgan fingerprint density at radius 2 is 0.927 bits per heavy atom. The number of rotatable bonds is 10. The first-order valence-electron chi connectivity index (χ1n) is 18.9. The molecular weight excluding hydrogens is 663 g/mol. The third kappa shape index (κ3) is 7.88. The number of nitrogens with zero attached hydrogens (tertiary/aromatic N) is 1. The van der Waals surface area contributed by atoms with Crippen LogP contribution in [-0.4, -0.2) is 0 Å². The van der Waals surface area contributed by atoms with Gasteiger partial charge in [0.15, 0.2) is 0 Å². The zero-order chi connectivity index (χ0) is 37.4. The van der Waals surface area contributed by atoms with Crippen LogP contribution in [0, 0.1) is 13.8 Å². The van der Waals surface area contributed by atoms with E-state index in [0.717, 1.165) is 22.6 Å². The van der Waals surface area contributed by atoms with Crippen molar-refractivity contribution in [1.82, 2.24) is 0 Å². The first-order valence-corrected chi connectivity index (χ1v) is 18.9. The predicted octanol–water partition coefficient (Wildman–Crippen LogP) is 14.7.